The molecule has 0 N–H and O–H groups in total. The van der Waals surface area contributed by atoms with E-state index in [1.807, 2.05) is 0 Å². The minimum Gasteiger partial charge on any atom is -0.295 e. The molecule has 0 spiro atoms. The zero-order valence-electron chi connectivity index (χ0n) is 15.3. The summed E-state index contributed by atoms with van der Waals surface area (Å²) in [6.45, 7) is 0. The highest BCUT2D eigenvalue weighted by Crippen LogP contribution is 2.46. The predicted molar refractivity (Wildman–Crippen MR) is 104 cm³/mol. The SMILES string of the molecule is N#CC12CCC(=O)C=C1CCCc1cc3c(cnn3-c3ccc(F)cc3)cc12. The first-order valence-electron chi connectivity index (χ1n) is 9.53. The molecule has 2 aliphatic carbocycles. The third-order valence-electron chi connectivity index (χ3n) is 6.04. The van der Waals surface area contributed by atoms with Gasteiger partial charge in [-0.05, 0) is 84.9 Å². The van der Waals surface area contributed by atoms with Crippen LogP contribution in [0.2, 0.25) is 0 Å². The Morgan fingerprint density at radius 2 is 1.96 bits per heavy atom. The zero-order chi connectivity index (χ0) is 19.3. The molecule has 0 radical (unpaired) electrons. The van der Waals surface area contributed by atoms with Gasteiger partial charge in [0.2, 0.25) is 0 Å². The van der Waals surface area contributed by atoms with Crippen molar-refractivity contribution < 1.29 is 9.18 Å². The lowest BCUT2D eigenvalue weighted by Gasteiger charge is -2.32. The lowest BCUT2D eigenvalue weighted by atomic mass is 9.67. The number of hydrogen-bond acceptors (Lipinski definition) is 3. The van der Waals surface area contributed by atoms with Gasteiger partial charge in [0.15, 0.2) is 5.78 Å². The number of fused-ring (bicyclic) bond motifs is 4. The van der Waals surface area contributed by atoms with Gasteiger partial charge in [-0.25, -0.2) is 9.07 Å². The molecule has 1 heterocycles. The number of carbonyl (C=O) groups excluding carboxylic acids is 1. The van der Waals surface area contributed by atoms with Crippen LogP contribution < -0.4 is 0 Å². The number of carbonyl (C=O) groups is 1. The van der Waals surface area contributed by atoms with Gasteiger partial charge in [-0.3, -0.25) is 4.79 Å². The van der Waals surface area contributed by atoms with Gasteiger partial charge in [0, 0.05) is 11.8 Å². The van der Waals surface area contributed by atoms with Crippen molar-refractivity contribution in [2.75, 3.05) is 0 Å². The number of nitriles is 1. The summed E-state index contributed by atoms with van der Waals surface area (Å²) >= 11 is 0. The average molecular weight is 371 g/mol. The molecule has 5 heteroatoms. The summed E-state index contributed by atoms with van der Waals surface area (Å²) in [5.74, 6) is -0.161. The molecule has 2 aromatic carbocycles. The van der Waals surface area contributed by atoms with E-state index in [9.17, 15) is 14.4 Å². The van der Waals surface area contributed by atoms with E-state index in [1.165, 1.54) is 12.1 Å². The first kappa shape index (κ1) is 16.9. The van der Waals surface area contributed by atoms with Gasteiger partial charge in [-0.2, -0.15) is 10.4 Å². The number of allylic oxidation sites excluding steroid dienone is 2. The summed E-state index contributed by atoms with van der Waals surface area (Å²) < 4.78 is 15.1. The Labute approximate surface area is 161 Å². The number of aromatic nitrogens is 2. The maximum absolute atomic E-state index is 13.3. The first-order valence-corrected chi connectivity index (χ1v) is 9.53. The number of halogens is 1. The van der Waals surface area contributed by atoms with Crippen LogP contribution in [0.25, 0.3) is 16.6 Å². The fourth-order valence-electron chi connectivity index (χ4n) is 4.62. The van der Waals surface area contributed by atoms with Gasteiger partial charge in [0.1, 0.15) is 11.2 Å². The normalized spacial score (nSPS) is 21.4. The predicted octanol–water partition coefficient (Wildman–Crippen LogP) is 4.55. The highest BCUT2D eigenvalue weighted by Gasteiger charge is 2.42. The van der Waals surface area contributed by atoms with Crippen molar-refractivity contribution >= 4 is 16.7 Å². The molecular formula is C23H18FN3O. The van der Waals surface area contributed by atoms with Crippen LogP contribution >= 0.6 is 0 Å². The standard InChI is InChI=1S/C23H18FN3O/c24-18-4-6-19(7-5-18)27-22-11-15-2-1-3-17-12-20(28)8-9-23(17,14-25)21(15)10-16(22)13-26-27/h4-7,10-13H,1-3,8-9H2. The summed E-state index contributed by atoms with van der Waals surface area (Å²) in [6.07, 6.45) is 6.97. The number of benzene rings is 2. The molecule has 4 nitrogen and oxygen atoms in total. The van der Waals surface area contributed by atoms with Gasteiger partial charge < -0.3 is 0 Å². The Bertz CT molecular complexity index is 1180. The molecule has 0 saturated carbocycles. The number of nitrogens with zero attached hydrogens (tertiary/aromatic N) is 3. The molecule has 138 valence electrons. The third-order valence-corrected chi connectivity index (χ3v) is 6.04. The summed E-state index contributed by atoms with van der Waals surface area (Å²) in [6, 6.07) is 13.0. The Morgan fingerprint density at radius 1 is 1.14 bits per heavy atom. The molecular weight excluding hydrogens is 353 g/mol. The van der Waals surface area contributed by atoms with Crippen molar-refractivity contribution in [3.63, 3.8) is 0 Å². The van der Waals surface area contributed by atoms with Crippen LogP contribution in [0.15, 0.2) is 54.2 Å². The molecule has 2 aliphatic rings. The van der Waals surface area contributed by atoms with Crippen LogP contribution in [-0.4, -0.2) is 15.6 Å². The Balaban J connectivity index is 1.72. The zero-order valence-corrected chi connectivity index (χ0v) is 15.3. The number of aryl methyl sites for hydroxylation is 1. The molecule has 1 unspecified atom stereocenters. The number of rotatable bonds is 1. The van der Waals surface area contributed by atoms with Crippen molar-refractivity contribution in [1.82, 2.24) is 9.78 Å². The smallest absolute Gasteiger partial charge is 0.155 e. The van der Waals surface area contributed by atoms with Crippen molar-refractivity contribution in [1.29, 1.82) is 5.26 Å². The second-order valence-corrected chi connectivity index (χ2v) is 7.61. The lowest BCUT2D eigenvalue weighted by Crippen LogP contribution is -2.31. The van der Waals surface area contributed by atoms with Crippen LogP contribution in [0.3, 0.4) is 0 Å². The Hall–Kier alpha value is -3.26. The van der Waals surface area contributed by atoms with E-state index < -0.39 is 5.41 Å². The minimum absolute atomic E-state index is 0.120. The topological polar surface area (TPSA) is 58.7 Å². The van der Waals surface area contributed by atoms with E-state index >= 15 is 0 Å². The summed E-state index contributed by atoms with van der Waals surface area (Å²) in [4.78, 5) is 12.0. The Kier molecular flexibility index (Phi) is 3.70. The highest BCUT2D eigenvalue weighted by molar-refractivity contribution is 5.93. The molecule has 0 fully saturated rings. The van der Waals surface area contributed by atoms with E-state index in [2.05, 4.69) is 23.3 Å². The van der Waals surface area contributed by atoms with Crippen LogP contribution in [0.5, 0.6) is 0 Å². The van der Waals surface area contributed by atoms with E-state index in [0.717, 1.165) is 52.6 Å². The van der Waals surface area contributed by atoms with E-state index in [4.69, 9.17) is 0 Å². The van der Waals surface area contributed by atoms with Gasteiger partial charge >= 0.3 is 0 Å². The molecule has 0 saturated heterocycles. The maximum Gasteiger partial charge on any atom is 0.155 e. The van der Waals surface area contributed by atoms with Crippen LogP contribution in [0.4, 0.5) is 4.39 Å². The van der Waals surface area contributed by atoms with Crippen LogP contribution in [0, 0.1) is 17.1 Å². The van der Waals surface area contributed by atoms with Gasteiger partial charge in [-0.15, -0.1) is 0 Å². The van der Waals surface area contributed by atoms with Gasteiger partial charge in [0.25, 0.3) is 0 Å². The quantitative estimate of drug-likeness (QED) is 0.630. The van der Waals surface area contributed by atoms with Crippen LogP contribution in [0.1, 0.15) is 36.8 Å². The van der Waals surface area contributed by atoms with Crippen molar-refractivity contribution in [3.05, 3.63) is 71.2 Å². The first-order chi connectivity index (χ1) is 13.6. The monoisotopic (exact) mass is 371 g/mol. The molecule has 0 bridgehead atoms. The minimum atomic E-state index is -0.716. The molecule has 3 aromatic rings. The summed E-state index contributed by atoms with van der Waals surface area (Å²) in [5.41, 5.74) is 4.12. The van der Waals surface area contributed by atoms with E-state index in [1.54, 1.807) is 29.1 Å². The largest absolute Gasteiger partial charge is 0.295 e. The number of hydrogen-bond donors (Lipinski definition) is 0. The molecule has 28 heavy (non-hydrogen) atoms. The van der Waals surface area contributed by atoms with Crippen molar-refractivity contribution in [2.24, 2.45) is 0 Å². The fraction of sp³-hybridized carbons (Fsp3) is 0.261. The summed E-state index contributed by atoms with van der Waals surface area (Å²) in [7, 11) is 0. The second-order valence-electron chi connectivity index (χ2n) is 7.61. The second kappa shape index (κ2) is 6.13. The van der Waals surface area contributed by atoms with E-state index in [-0.39, 0.29) is 11.6 Å². The van der Waals surface area contributed by atoms with Gasteiger partial charge in [0.05, 0.1) is 23.5 Å². The van der Waals surface area contributed by atoms with Crippen LogP contribution in [-0.2, 0) is 16.6 Å². The Morgan fingerprint density at radius 3 is 2.75 bits per heavy atom. The fourth-order valence-corrected chi connectivity index (χ4v) is 4.62. The molecule has 0 aliphatic heterocycles. The molecule has 5 rings (SSSR count). The average Bonchev–Trinajstić information content (AvgIpc) is 3.04. The lowest BCUT2D eigenvalue weighted by molar-refractivity contribution is -0.115. The molecule has 1 aromatic heterocycles. The summed E-state index contributed by atoms with van der Waals surface area (Å²) in [5, 5.41) is 15.6. The van der Waals surface area contributed by atoms with Crippen molar-refractivity contribution in [2.45, 2.75) is 37.5 Å². The molecule has 1 atom stereocenters. The maximum atomic E-state index is 13.3. The highest BCUT2D eigenvalue weighted by atomic mass is 19.1. The van der Waals surface area contributed by atoms with Gasteiger partial charge in [-0.1, -0.05) is 0 Å². The molecule has 0 amide bonds. The van der Waals surface area contributed by atoms with E-state index in [0.29, 0.717) is 12.8 Å². The third kappa shape index (κ3) is 2.41. The van der Waals surface area contributed by atoms with Crippen molar-refractivity contribution in [3.8, 4) is 11.8 Å². The number of ketones is 1.